The van der Waals surface area contributed by atoms with Crippen molar-refractivity contribution in [3.05, 3.63) is 24.3 Å². The lowest BCUT2D eigenvalue weighted by Crippen LogP contribution is -2.40. The Morgan fingerprint density at radius 2 is 1.82 bits per heavy atom. The van der Waals surface area contributed by atoms with Gasteiger partial charge in [0, 0.05) is 53.3 Å². The summed E-state index contributed by atoms with van der Waals surface area (Å²) in [6.07, 6.45) is -1.51. The number of halogens is 3. The van der Waals surface area contributed by atoms with Crippen LogP contribution >= 0.6 is 0 Å². The molecule has 7 heteroatoms. The third kappa shape index (κ3) is 5.61. The van der Waals surface area contributed by atoms with E-state index >= 15 is 0 Å². The van der Waals surface area contributed by atoms with Gasteiger partial charge >= 0.3 is 6.18 Å². The van der Waals surface area contributed by atoms with E-state index in [9.17, 15) is 17.4 Å². The number of hydrogen-bond donors (Lipinski definition) is 1. The zero-order chi connectivity index (χ0) is 16.2. The van der Waals surface area contributed by atoms with Gasteiger partial charge in [0.05, 0.1) is 6.42 Å². The lowest BCUT2D eigenvalue weighted by Gasteiger charge is -2.33. The minimum absolute atomic E-state index is 0.0905. The van der Waals surface area contributed by atoms with Crippen molar-refractivity contribution < 1.29 is 17.4 Å². The minimum atomic E-state index is -4.07. The Hall–Kier alpha value is -1.08. The third-order valence-corrected chi connectivity index (χ3v) is 4.79. The Morgan fingerprint density at radius 3 is 2.32 bits per heavy atom. The highest BCUT2D eigenvalue weighted by atomic mass is 32.2. The minimum Gasteiger partial charge on any atom is -0.382 e. The fourth-order valence-electron chi connectivity index (χ4n) is 2.56. The average Bonchev–Trinajstić information content (AvgIpc) is 2.46. The van der Waals surface area contributed by atoms with Crippen molar-refractivity contribution in [3.63, 3.8) is 0 Å². The fraction of sp³-hybridized carbons (Fsp3) is 0.600. The van der Waals surface area contributed by atoms with Gasteiger partial charge in [-0.2, -0.15) is 13.2 Å². The van der Waals surface area contributed by atoms with Gasteiger partial charge in [0.2, 0.25) is 0 Å². The van der Waals surface area contributed by atoms with E-state index in [2.05, 4.69) is 5.32 Å². The van der Waals surface area contributed by atoms with Crippen molar-refractivity contribution in [2.24, 2.45) is 0 Å². The van der Waals surface area contributed by atoms with E-state index in [4.69, 9.17) is 0 Å². The first-order valence-corrected chi connectivity index (χ1v) is 8.88. The monoisotopic (exact) mass is 334 g/mol. The maximum absolute atomic E-state index is 12.2. The molecule has 1 N–H and O–H groups in total. The number of nitrogens with one attached hydrogen (secondary N) is 1. The van der Waals surface area contributed by atoms with Gasteiger partial charge in [0.15, 0.2) is 0 Å². The zero-order valence-corrected chi connectivity index (χ0v) is 13.3. The molecule has 0 saturated carbocycles. The summed E-state index contributed by atoms with van der Waals surface area (Å²) in [7, 11) is -0.985. The van der Waals surface area contributed by atoms with Crippen LogP contribution in [0.2, 0.25) is 0 Å². The van der Waals surface area contributed by atoms with Gasteiger partial charge in [-0.15, -0.1) is 0 Å². The normalized spacial score (nSPS) is 19.1. The molecule has 1 aromatic carbocycles. The van der Waals surface area contributed by atoms with Gasteiger partial charge in [-0.05, 0) is 37.1 Å². The Balaban J connectivity index is 1.76. The molecule has 1 atom stereocenters. The number of piperidine rings is 1. The quantitative estimate of drug-likeness (QED) is 0.897. The van der Waals surface area contributed by atoms with Crippen molar-refractivity contribution in [2.75, 3.05) is 31.2 Å². The van der Waals surface area contributed by atoms with E-state index in [1.165, 1.54) is 0 Å². The fourth-order valence-corrected chi connectivity index (χ4v) is 3.08. The van der Waals surface area contributed by atoms with Crippen LogP contribution in [-0.2, 0) is 10.8 Å². The van der Waals surface area contributed by atoms with Crippen molar-refractivity contribution >= 4 is 16.5 Å². The molecular formula is C15H21F3N2OS. The maximum atomic E-state index is 12.2. The third-order valence-electron chi connectivity index (χ3n) is 3.86. The molecule has 3 nitrogen and oxygen atoms in total. The molecule has 124 valence electrons. The van der Waals surface area contributed by atoms with Crippen LogP contribution in [0.25, 0.3) is 0 Å². The summed E-state index contributed by atoms with van der Waals surface area (Å²) in [6, 6.07) is 7.73. The molecule has 22 heavy (non-hydrogen) atoms. The summed E-state index contributed by atoms with van der Waals surface area (Å²) in [5.41, 5.74) is 0.961. The largest absolute Gasteiger partial charge is 0.390 e. The molecule has 0 aliphatic carbocycles. The number of anilines is 1. The topological polar surface area (TPSA) is 32.3 Å². The lowest BCUT2D eigenvalue weighted by molar-refractivity contribution is -0.138. The lowest BCUT2D eigenvalue weighted by atomic mass is 10.0. The highest BCUT2D eigenvalue weighted by molar-refractivity contribution is 7.84. The Labute approximate surface area is 131 Å². The smallest absolute Gasteiger partial charge is 0.382 e. The summed E-state index contributed by atoms with van der Waals surface area (Å²) in [4.78, 5) is 2.65. The molecule has 2 rings (SSSR count). The molecule has 1 fully saturated rings. The van der Waals surface area contributed by atoms with Gasteiger partial charge in [-0.3, -0.25) is 4.21 Å². The van der Waals surface area contributed by atoms with E-state index in [0.717, 1.165) is 23.4 Å². The van der Waals surface area contributed by atoms with Gasteiger partial charge in [-0.25, -0.2) is 0 Å². The zero-order valence-electron chi connectivity index (χ0n) is 12.5. The second-order valence-electron chi connectivity index (χ2n) is 5.60. The molecule has 0 aromatic heterocycles. The highest BCUT2D eigenvalue weighted by Crippen LogP contribution is 2.22. The molecule has 1 aliphatic rings. The van der Waals surface area contributed by atoms with Crippen LogP contribution in [0.15, 0.2) is 29.2 Å². The number of hydrogen-bond acceptors (Lipinski definition) is 3. The standard InChI is InChI=1S/C15H21F3N2OS/c1-22(21)14-4-2-12(3-5-14)19-13-6-9-20(10-7-13)11-8-15(16,17)18/h2-5,13,19H,6-11H2,1H3/t22-/m1/s1. The van der Waals surface area contributed by atoms with Crippen LogP contribution < -0.4 is 5.32 Å². The molecule has 0 bridgehead atoms. The van der Waals surface area contributed by atoms with Crippen LogP contribution in [0, 0.1) is 0 Å². The second-order valence-corrected chi connectivity index (χ2v) is 6.98. The molecule has 1 heterocycles. The predicted molar refractivity (Wildman–Crippen MR) is 82.5 cm³/mol. The first kappa shape index (κ1) is 17.3. The van der Waals surface area contributed by atoms with E-state index in [0.29, 0.717) is 13.1 Å². The van der Waals surface area contributed by atoms with E-state index in [1.807, 2.05) is 29.2 Å². The van der Waals surface area contributed by atoms with E-state index < -0.39 is 23.4 Å². The number of rotatable bonds is 5. The average molecular weight is 334 g/mol. The summed E-state index contributed by atoms with van der Waals surface area (Å²) in [6.45, 7) is 1.46. The Kier molecular flexibility index (Phi) is 5.86. The molecular weight excluding hydrogens is 313 g/mol. The molecule has 0 spiro atoms. The maximum Gasteiger partial charge on any atom is 0.390 e. The summed E-state index contributed by atoms with van der Waals surface area (Å²) in [5.74, 6) is 0. The molecule has 0 radical (unpaired) electrons. The molecule has 1 saturated heterocycles. The van der Waals surface area contributed by atoms with E-state index in [-0.39, 0.29) is 12.6 Å². The molecule has 0 unspecified atom stereocenters. The molecule has 1 aromatic rings. The van der Waals surface area contributed by atoms with Crippen LogP contribution in [0.1, 0.15) is 19.3 Å². The predicted octanol–water partition coefficient (Wildman–Crippen LogP) is 3.25. The van der Waals surface area contributed by atoms with Crippen molar-refractivity contribution in [1.82, 2.24) is 4.90 Å². The van der Waals surface area contributed by atoms with Gasteiger partial charge in [0.1, 0.15) is 0 Å². The van der Waals surface area contributed by atoms with Gasteiger partial charge < -0.3 is 10.2 Å². The van der Waals surface area contributed by atoms with Crippen LogP contribution in [0.5, 0.6) is 0 Å². The molecule has 1 aliphatic heterocycles. The van der Waals surface area contributed by atoms with Crippen molar-refractivity contribution in [1.29, 1.82) is 0 Å². The van der Waals surface area contributed by atoms with Crippen molar-refractivity contribution in [3.8, 4) is 0 Å². The van der Waals surface area contributed by atoms with Crippen LogP contribution in [-0.4, -0.2) is 47.2 Å². The number of alkyl halides is 3. The summed E-state index contributed by atoms with van der Waals surface area (Å²) < 4.78 is 47.9. The number of nitrogens with zero attached hydrogens (tertiary/aromatic N) is 1. The summed E-state index contributed by atoms with van der Waals surface area (Å²) in [5, 5.41) is 3.39. The SMILES string of the molecule is C[S@@](=O)c1ccc(NC2CCN(CCC(F)(F)F)CC2)cc1. The second kappa shape index (κ2) is 7.46. The van der Waals surface area contributed by atoms with Gasteiger partial charge in [0.25, 0.3) is 0 Å². The van der Waals surface area contributed by atoms with Gasteiger partial charge in [-0.1, -0.05) is 0 Å². The van der Waals surface area contributed by atoms with Crippen LogP contribution in [0.4, 0.5) is 18.9 Å². The summed E-state index contributed by atoms with van der Waals surface area (Å²) >= 11 is 0. The van der Waals surface area contributed by atoms with Crippen LogP contribution in [0.3, 0.4) is 0 Å². The first-order chi connectivity index (χ1) is 10.3. The Morgan fingerprint density at radius 1 is 1.23 bits per heavy atom. The number of likely N-dealkylation sites (tertiary alicyclic amines) is 1. The highest BCUT2D eigenvalue weighted by Gasteiger charge is 2.29. The van der Waals surface area contributed by atoms with Crippen molar-refractivity contribution in [2.45, 2.75) is 36.4 Å². The number of benzene rings is 1. The Bertz CT molecular complexity index is 497. The molecule has 0 amide bonds. The first-order valence-electron chi connectivity index (χ1n) is 7.32. The van der Waals surface area contributed by atoms with E-state index in [1.54, 1.807) is 6.26 Å².